The summed E-state index contributed by atoms with van der Waals surface area (Å²) >= 11 is 0. The number of rotatable bonds is 7. The van der Waals surface area contributed by atoms with Gasteiger partial charge >= 0.3 is 0 Å². The SMILES string of the molecule is [2H]c1c([2H])c([2H])c2c(c1[2H])c1c([2H])c([2H])c([2H])c([2H])c1n2-c1ccc2c(c1)N(c1c(-c3ccccc3)cc(C(C)(C)C)cc1-c1ccccc1)c1c3c(cc4c1c1cccc5c6ccccc6c6ccccc6c6ccccc6n4c51)N(c1ccc(-c4ccccc4)cc1)c1cc(-n4c5ccc(C(C)(C)C)cc5c5cc(C(C)(C)C)ccc54)ccc1B23. The molecule has 20 aromatic rings. The molecule has 2 aliphatic heterocycles. The van der Waals surface area contributed by atoms with E-state index in [-0.39, 0.29) is 50.1 Å². The first kappa shape index (κ1) is 59.4. The second-order valence-electron chi connectivity index (χ2n) is 34.2. The Balaban J connectivity index is 0.986. The minimum atomic E-state index is -0.572. The number of fused-ring (bicyclic) bond motifs is 21. The van der Waals surface area contributed by atoms with E-state index in [1.165, 1.54) is 21.9 Å². The molecule has 114 heavy (non-hydrogen) atoms. The van der Waals surface area contributed by atoms with Crippen LogP contribution in [-0.4, -0.2) is 20.2 Å². The second kappa shape index (κ2) is 25.0. The first-order valence-electron chi connectivity index (χ1n) is 43.7. The van der Waals surface area contributed by atoms with Crippen LogP contribution >= 0.6 is 0 Å². The largest absolute Gasteiger partial charge is 0.311 e. The predicted octanol–water partition coefficient (Wildman–Crippen LogP) is 27.4. The highest BCUT2D eigenvalue weighted by Crippen LogP contribution is 2.56. The van der Waals surface area contributed by atoms with Crippen LogP contribution in [0.1, 0.15) is 90.0 Å². The van der Waals surface area contributed by atoms with Crippen molar-refractivity contribution in [1.82, 2.24) is 13.5 Å². The van der Waals surface area contributed by atoms with Gasteiger partial charge in [-0.25, -0.2) is 0 Å². The fourth-order valence-electron chi connectivity index (χ4n) is 19.0. The monoisotopic (exact) mass is 1470 g/mol. The second-order valence-corrected chi connectivity index (χ2v) is 34.2. The first-order chi connectivity index (χ1) is 58.8. The Morgan fingerprint density at radius 2 is 0.702 bits per heavy atom. The van der Waals surface area contributed by atoms with E-state index in [1.54, 1.807) is 4.57 Å². The van der Waals surface area contributed by atoms with Crippen LogP contribution in [0.15, 0.2) is 346 Å². The van der Waals surface area contributed by atoms with E-state index < -0.39 is 43.0 Å². The highest BCUT2D eigenvalue weighted by Gasteiger charge is 2.47. The third-order valence-electron chi connectivity index (χ3n) is 24.5. The summed E-state index contributed by atoms with van der Waals surface area (Å²) in [6.07, 6.45) is 0. The lowest BCUT2D eigenvalue weighted by molar-refractivity contribution is 0.590. The van der Waals surface area contributed by atoms with Crippen molar-refractivity contribution in [2.45, 2.75) is 78.6 Å². The minimum Gasteiger partial charge on any atom is -0.311 e. The molecule has 0 radical (unpaired) electrons. The van der Waals surface area contributed by atoms with E-state index in [2.05, 4.69) is 372 Å². The van der Waals surface area contributed by atoms with Gasteiger partial charge in [0.15, 0.2) is 0 Å². The van der Waals surface area contributed by atoms with Gasteiger partial charge in [-0.3, -0.25) is 0 Å². The van der Waals surface area contributed by atoms with Crippen LogP contribution < -0.4 is 26.2 Å². The summed E-state index contributed by atoms with van der Waals surface area (Å²) < 4.78 is 83.8. The lowest BCUT2D eigenvalue weighted by Crippen LogP contribution is -2.61. The van der Waals surface area contributed by atoms with Crippen molar-refractivity contribution in [2.75, 3.05) is 9.80 Å². The minimum absolute atomic E-state index is 0.00228. The third kappa shape index (κ3) is 10.2. The molecule has 4 aromatic heterocycles. The van der Waals surface area contributed by atoms with Gasteiger partial charge in [-0.1, -0.05) is 311 Å². The topological polar surface area (TPSA) is 20.8 Å². The fourth-order valence-corrected chi connectivity index (χ4v) is 19.0. The van der Waals surface area contributed by atoms with Gasteiger partial charge in [-0.15, -0.1) is 0 Å². The van der Waals surface area contributed by atoms with Crippen LogP contribution in [0.4, 0.5) is 34.1 Å². The zero-order valence-corrected chi connectivity index (χ0v) is 65.1. The molecule has 0 unspecified atom stereocenters. The van der Waals surface area contributed by atoms with Crippen LogP contribution in [0.3, 0.4) is 0 Å². The van der Waals surface area contributed by atoms with Gasteiger partial charge in [0.25, 0.3) is 6.71 Å². The van der Waals surface area contributed by atoms with Crippen LogP contribution in [-0.2, 0) is 16.2 Å². The number of aromatic nitrogens is 3. The van der Waals surface area contributed by atoms with Gasteiger partial charge < -0.3 is 23.3 Å². The average Bonchev–Trinajstić information content (AvgIpc) is 1.39. The van der Waals surface area contributed by atoms with Crippen LogP contribution in [0.5, 0.6) is 0 Å². The molecule has 0 spiro atoms. The quantitative estimate of drug-likeness (QED) is 0.148. The van der Waals surface area contributed by atoms with Crippen molar-refractivity contribution in [3.05, 3.63) is 362 Å². The Morgan fingerprint density at radius 3 is 1.24 bits per heavy atom. The molecule has 0 aliphatic carbocycles. The number of nitrogens with zero attached hydrogens (tertiary/aromatic N) is 5. The van der Waals surface area contributed by atoms with Crippen LogP contribution in [0.25, 0.3) is 148 Å². The average molecular weight is 1470 g/mol. The van der Waals surface area contributed by atoms with Crippen molar-refractivity contribution in [1.29, 1.82) is 0 Å². The molecule has 0 fully saturated rings. The Hall–Kier alpha value is -13.4. The molecule has 16 aromatic carbocycles. The summed E-state index contributed by atoms with van der Waals surface area (Å²) in [5, 5.41) is 10.9. The predicted molar refractivity (Wildman–Crippen MR) is 489 cm³/mol. The van der Waals surface area contributed by atoms with Crippen LogP contribution in [0.2, 0.25) is 0 Å². The summed E-state index contributed by atoms with van der Waals surface area (Å²) in [6, 6.07) is 106. The summed E-state index contributed by atoms with van der Waals surface area (Å²) in [5.74, 6) is 0. The number of benzene rings is 16. The number of para-hydroxylation sites is 4. The van der Waals surface area contributed by atoms with Gasteiger partial charge in [0, 0.05) is 88.3 Å². The van der Waals surface area contributed by atoms with Gasteiger partial charge in [0.05, 0.1) is 61.0 Å². The molecule has 544 valence electrons. The molecule has 0 bridgehead atoms. The first-order valence-corrected chi connectivity index (χ1v) is 39.7. The van der Waals surface area contributed by atoms with Crippen molar-refractivity contribution < 1.29 is 11.0 Å². The fraction of sp³-hybridized carbons (Fsp3) is 0.111. The van der Waals surface area contributed by atoms with Crippen molar-refractivity contribution in [3.63, 3.8) is 0 Å². The van der Waals surface area contributed by atoms with Crippen molar-refractivity contribution in [3.8, 4) is 44.8 Å². The number of hydrogen-bond acceptors (Lipinski definition) is 2. The van der Waals surface area contributed by atoms with E-state index in [0.29, 0.717) is 5.69 Å². The zero-order chi connectivity index (χ0) is 83.7. The zero-order valence-electron chi connectivity index (χ0n) is 73.1. The molecule has 0 saturated heterocycles. The van der Waals surface area contributed by atoms with Crippen molar-refractivity contribution in [2.24, 2.45) is 0 Å². The molecule has 6 heteroatoms. The van der Waals surface area contributed by atoms with Crippen molar-refractivity contribution >= 4 is 160 Å². The normalized spacial score (nSPS) is 14.1. The molecule has 22 rings (SSSR count). The Kier molecular flexibility index (Phi) is 13.1. The molecule has 0 saturated carbocycles. The number of anilines is 6. The summed E-state index contributed by atoms with van der Waals surface area (Å²) in [6.45, 7) is 20.0. The molecule has 0 N–H and O–H groups in total. The standard InChI is InChI=1S/C108H84BN5/c1-106(2,3)71-50-58-95-88(60-71)89-61-72(107(4,5)6)51-59-96(89)112(95)75-54-56-90-97(64-75)110(74-52-48-68(49-53-74)67-30-13-10-14-31-67)100-66-99-101(85-44-29-43-84-80-39-22-20-37-78(80)77-36-19-21-38-79(77)81-40-23-28-47-94(81)113(99)103(84)85)105-102(100)109(90)91-57-55-76(111-92-45-26-24-41-82(92)83-42-25-27-46-93(83)111)65-98(91)114(105)104-86(69-32-15-11-16-33-69)62-73(108(7,8)9)63-87(104)70-34-17-12-18-35-70/h10-66H,1-9H3/i24D,25D,26D,27D,41D,42D,45D,46D. The molecule has 6 heterocycles. The van der Waals surface area contributed by atoms with Gasteiger partial charge in [-0.2, -0.15) is 0 Å². The molecular weight excluding hydrogens is 1380 g/mol. The van der Waals surface area contributed by atoms with Gasteiger partial charge in [-0.05, 0) is 190 Å². The Bertz CT molecular complexity index is 7780. The highest BCUT2D eigenvalue weighted by atomic mass is 15.2. The smallest absolute Gasteiger partial charge is 0.252 e. The summed E-state index contributed by atoms with van der Waals surface area (Å²) in [5.41, 5.74) is 24.0. The van der Waals surface area contributed by atoms with E-state index in [1.807, 2.05) is 6.07 Å². The highest BCUT2D eigenvalue weighted by molar-refractivity contribution is 7.00. The number of hydrogen-bond donors (Lipinski definition) is 0. The maximum atomic E-state index is 10.1. The molecule has 5 nitrogen and oxygen atoms in total. The van der Waals surface area contributed by atoms with E-state index in [0.717, 1.165) is 166 Å². The van der Waals surface area contributed by atoms with E-state index >= 15 is 0 Å². The Labute approximate surface area is 676 Å². The molecule has 2 aliphatic rings. The third-order valence-corrected chi connectivity index (χ3v) is 24.5. The summed E-state index contributed by atoms with van der Waals surface area (Å²) in [7, 11) is 0. The molecule has 0 atom stereocenters. The van der Waals surface area contributed by atoms with Gasteiger partial charge in [0.1, 0.15) is 0 Å². The summed E-state index contributed by atoms with van der Waals surface area (Å²) in [4.78, 5) is 5.08. The molecular formula is C108H84BN5. The lowest BCUT2D eigenvalue weighted by atomic mass is 9.33. The van der Waals surface area contributed by atoms with Gasteiger partial charge in [0.2, 0.25) is 0 Å². The van der Waals surface area contributed by atoms with E-state index in [4.69, 9.17) is 0 Å². The lowest BCUT2D eigenvalue weighted by Gasteiger charge is -2.45. The van der Waals surface area contributed by atoms with E-state index in [9.17, 15) is 11.0 Å². The molecule has 0 amide bonds. The Morgan fingerprint density at radius 1 is 0.272 bits per heavy atom. The maximum Gasteiger partial charge on any atom is 0.252 e. The van der Waals surface area contributed by atoms with Crippen LogP contribution in [0, 0.1) is 0 Å². The maximum absolute atomic E-state index is 10.1.